The Hall–Kier alpha value is -6.44. The first kappa shape index (κ1) is 38.1. The fraction of sp³-hybridized carbons (Fsp3) is 0.304. The van der Waals surface area contributed by atoms with Crippen LogP contribution in [0.4, 0.5) is 0 Å². The Morgan fingerprint density at radius 3 is 2.39 bits per heavy atom. The average molecular weight is 791 g/mol. The molecular weight excluding hydrogens is 745 g/mol. The van der Waals surface area contributed by atoms with Gasteiger partial charge in [0, 0.05) is 108 Å². The zero-order valence-electron chi connectivity index (χ0n) is 32.9. The minimum Gasteiger partial charge on any atom is -0.488 e. The van der Waals surface area contributed by atoms with Crippen molar-refractivity contribution in [2.75, 3.05) is 45.9 Å². The standard InChI is InChI=1S/C46H46N8O5/c1-30-8-14-40(44(55)50-30)54-45(56)36-6-2-7-41(43(36)46(54)57)59-29-31-9-15-42(49-26-31)58-24-4-19-53-22-20-52(21-23-53)18-3-5-34-12-10-33(27-48-34)32-11-13-35-37-28-47-17-16-38(37)51-39(35)25-32/h2,6-7,9-13,15-17,25-28,40,51H,1,3-5,8,14,18-24,29H2,(H,50,55). The molecule has 13 nitrogen and oxygen atoms in total. The van der Waals surface area contributed by atoms with Gasteiger partial charge in [0.15, 0.2) is 0 Å². The summed E-state index contributed by atoms with van der Waals surface area (Å²) in [5.41, 5.74) is 7.37. The van der Waals surface area contributed by atoms with Crippen molar-refractivity contribution < 1.29 is 23.9 Å². The van der Waals surface area contributed by atoms with Crippen LogP contribution in [0.5, 0.6) is 11.6 Å². The van der Waals surface area contributed by atoms with Crippen molar-refractivity contribution in [2.24, 2.45) is 0 Å². The van der Waals surface area contributed by atoms with Gasteiger partial charge in [0.05, 0.1) is 17.7 Å². The highest BCUT2D eigenvalue weighted by Gasteiger charge is 2.45. The molecule has 1 atom stereocenters. The number of nitrogens with zero attached hydrogens (tertiary/aromatic N) is 6. The Labute approximate surface area is 342 Å². The molecule has 2 fully saturated rings. The lowest BCUT2D eigenvalue weighted by atomic mass is 10.0. The molecule has 300 valence electrons. The van der Waals surface area contributed by atoms with Crippen LogP contribution in [-0.2, 0) is 17.8 Å². The first-order valence-electron chi connectivity index (χ1n) is 20.3. The lowest BCUT2D eigenvalue weighted by molar-refractivity contribution is -0.125. The van der Waals surface area contributed by atoms with Crippen LogP contribution in [0.1, 0.15) is 57.7 Å². The number of imide groups is 1. The molecule has 13 heteroatoms. The molecule has 0 bridgehead atoms. The van der Waals surface area contributed by atoms with E-state index in [9.17, 15) is 14.4 Å². The van der Waals surface area contributed by atoms with E-state index in [0.29, 0.717) is 36.8 Å². The second-order valence-corrected chi connectivity index (χ2v) is 15.4. The normalized spacial score (nSPS) is 17.5. The van der Waals surface area contributed by atoms with Crippen molar-refractivity contribution in [2.45, 2.75) is 44.8 Å². The molecule has 4 aromatic heterocycles. The molecule has 2 aromatic carbocycles. The number of hydrogen-bond acceptors (Lipinski definition) is 10. The van der Waals surface area contributed by atoms with Crippen molar-refractivity contribution >= 4 is 39.5 Å². The molecule has 59 heavy (non-hydrogen) atoms. The van der Waals surface area contributed by atoms with Crippen molar-refractivity contribution in [1.29, 1.82) is 0 Å². The molecule has 2 N–H and O–H groups in total. The maximum absolute atomic E-state index is 13.4. The van der Waals surface area contributed by atoms with E-state index in [2.05, 4.69) is 67.0 Å². The van der Waals surface area contributed by atoms with Gasteiger partial charge in [0.25, 0.3) is 11.8 Å². The number of rotatable bonds is 14. The van der Waals surface area contributed by atoms with Crippen LogP contribution in [0.2, 0.25) is 0 Å². The maximum Gasteiger partial charge on any atom is 0.266 e. The first-order chi connectivity index (χ1) is 28.9. The molecule has 0 aliphatic carbocycles. The molecule has 6 aromatic rings. The number of H-pyrrole nitrogens is 1. The van der Waals surface area contributed by atoms with Gasteiger partial charge in [-0.25, -0.2) is 4.98 Å². The minimum absolute atomic E-state index is 0.147. The third-order valence-electron chi connectivity index (χ3n) is 11.5. The summed E-state index contributed by atoms with van der Waals surface area (Å²) in [4.78, 5) is 62.3. The molecule has 3 amide bonds. The summed E-state index contributed by atoms with van der Waals surface area (Å²) in [5.74, 6) is -0.595. The highest BCUT2D eigenvalue weighted by Crippen LogP contribution is 2.35. The number of fused-ring (bicyclic) bond motifs is 4. The molecule has 0 saturated carbocycles. The number of aromatic amines is 1. The van der Waals surface area contributed by atoms with Gasteiger partial charge in [-0.3, -0.25) is 29.3 Å². The Morgan fingerprint density at radius 1 is 0.780 bits per heavy atom. The minimum atomic E-state index is -0.878. The summed E-state index contributed by atoms with van der Waals surface area (Å²) < 4.78 is 12.0. The number of piperidine rings is 1. The van der Waals surface area contributed by atoms with Gasteiger partial charge in [0.1, 0.15) is 18.4 Å². The molecular formula is C46H46N8O5. The maximum atomic E-state index is 13.4. The zero-order valence-corrected chi connectivity index (χ0v) is 32.9. The molecule has 3 aliphatic rings. The summed E-state index contributed by atoms with van der Waals surface area (Å²) in [7, 11) is 0. The van der Waals surface area contributed by atoms with E-state index in [1.807, 2.05) is 36.8 Å². The number of piperazine rings is 1. The highest BCUT2D eigenvalue weighted by atomic mass is 16.5. The van der Waals surface area contributed by atoms with E-state index in [1.54, 1.807) is 24.4 Å². The van der Waals surface area contributed by atoms with Crippen LogP contribution >= 0.6 is 0 Å². The largest absolute Gasteiger partial charge is 0.488 e. The smallest absolute Gasteiger partial charge is 0.266 e. The molecule has 9 rings (SSSR count). The van der Waals surface area contributed by atoms with Gasteiger partial charge >= 0.3 is 0 Å². The van der Waals surface area contributed by atoms with Crippen molar-refractivity contribution in [3.8, 4) is 22.8 Å². The van der Waals surface area contributed by atoms with Crippen LogP contribution in [0, 0.1) is 0 Å². The monoisotopic (exact) mass is 790 g/mol. The topological polar surface area (TPSA) is 146 Å². The molecule has 3 aliphatic heterocycles. The number of amides is 3. The number of ether oxygens (including phenoxy) is 2. The molecule has 2 saturated heterocycles. The summed E-state index contributed by atoms with van der Waals surface area (Å²) >= 11 is 0. The summed E-state index contributed by atoms with van der Waals surface area (Å²) in [6.45, 7) is 10.8. The van der Waals surface area contributed by atoms with E-state index in [1.165, 1.54) is 5.39 Å². The molecule has 1 unspecified atom stereocenters. The molecule has 0 radical (unpaired) electrons. The van der Waals surface area contributed by atoms with E-state index in [4.69, 9.17) is 14.5 Å². The van der Waals surface area contributed by atoms with Gasteiger partial charge in [0.2, 0.25) is 11.8 Å². The van der Waals surface area contributed by atoms with Crippen LogP contribution in [-0.4, -0.2) is 104 Å². The second kappa shape index (κ2) is 16.8. The lowest BCUT2D eigenvalue weighted by Gasteiger charge is -2.34. The summed E-state index contributed by atoms with van der Waals surface area (Å²) in [6, 6.07) is 20.6. The predicted octanol–water partition coefficient (Wildman–Crippen LogP) is 6.16. The Bertz CT molecular complexity index is 2530. The van der Waals surface area contributed by atoms with Crippen LogP contribution in [0.15, 0.2) is 104 Å². The fourth-order valence-corrected chi connectivity index (χ4v) is 8.28. The van der Waals surface area contributed by atoms with Gasteiger partial charge < -0.3 is 29.6 Å². The lowest BCUT2D eigenvalue weighted by Crippen LogP contribution is -2.51. The number of aromatic nitrogens is 4. The number of carbonyl (C=O) groups excluding carboxylic acids is 3. The zero-order chi connectivity index (χ0) is 40.3. The SMILES string of the molecule is C=C1CCC(N2C(=O)c3cccc(OCc4ccc(OCCCN5CCN(CCCc6ccc(-c7ccc8c(c7)[nH]c7ccncc78)cn6)CC5)nc4)c3C2=O)C(=O)N1. The Morgan fingerprint density at radius 2 is 1.61 bits per heavy atom. The molecule has 0 spiro atoms. The van der Waals surface area contributed by atoms with Crippen molar-refractivity contribution in [3.05, 3.63) is 126 Å². The second-order valence-electron chi connectivity index (χ2n) is 15.4. The van der Waals surface area contributed by atoms with Gasteiger partial charge in [-0.1, -0.05) is 30.8 Å². The number of carbonyl (C=O) groups is 3. The first-order valence-corrected chi connectivity index (χ1v) is 20.3. The Balaban J connectivity index is 0.666. The number of aryl methyl sites for hydroxylation is 1. The van der Waals surface area contributed by atoms with E-state index < -0.39 is 23.8 Å². The van der Waals surface area contributed by atoms with Crippen molar-refractivity contribution in [1.82, 2.24) is 40.0 Å². The quantitative estimate of drug-likeness (QED) is 0.0973. The average Bonchev–Trinajstić information content (AvgIpc) is 3.76. The number of allylic oxidation sites excluding steroid dienone is 1. The van der Waals surface area contributed by atoms with E-state index >= 15 is 0 Å². The summed E-state index contributed by atoms with van der Waals surface area (Å²) in [5, 5.41) is 4.98. The summed E-state index contributed by atoms with van der Waals surface area (Å²) in [6.07, 6.45) is 11.2. The van der Waals surface area contributed by atoms with E-state index in [0.717, 1.165) is 102 Å². The van der Waals surface area contributed by atoms with Gasteiger partial charge in [-0.05, 0) is 80.6 Å². The highest BCUT2D eigenvalue weighted by molar-refractivity contribution is 6.24. The van der Waals surface area contributed by atoms with E-state index in [-0.39, 0.29) is 17.7 Å². The van der Waals surface area contributed by atoms with Gasteiger partial charge in [-0.15, -0.1) is 0 Å². The fourth-order valence-electron chi connectivity index (χ4n) is 8.28. The van der Waals surface area contributed by atoms with Crippen LogP contribution < -0.4 is 14.8 Å². The molecule has 7 heterocycles. The number of pyridine rings is 3. The van der Waals surface area contributed by atoms with Crippen LogP contribution in [0.25, 0.3) is 32.9 Å². The Kier molecular flexibility index (Phi) is 10.9. The number of hydrogen-bond donors (Lipinski definition) is 2. The van der Waals surface area contributed by atoms with Crippen molar-refractivity contribution in [3.63, 3.8) is 0 Å². The third kappa shape index (κ3) is 8.16. The van der Waals surface area contributed by atoms with Crippen LogP contribution in [0.3, 0.4) is 0 Å². The number of nitrogens with one attached hydrogen (secondary N) is 2. The third-order valence-corrected chi connectivity index (χ3v) is 11.5. The number of benzene rings is 2. The van der Waals surface area contributed by atoms with Gasteiger partial charge in [-0.2, -0.15) is 0 Å². The predicted molar refractivity (Wildman–Crippen MR) is 224 cm³/mol.